The quantitative estimate of drug-likeness (QED) is 0.700. The Hall–Kier alpha value is -2.81. The molecule has 2 heterocycles. The van der Waals surface area contributed by atoms with Gasteiger partial charge in [-0.05, 0) is 48.4 Å². The van der Waals surface area contributed by atoms with Crippen molar-refractivity contribution in [3.05, 3.63) is 47.8 Å². The maximum absolute atomic E-state index is 12.3. The summed E-state index contributed by atoms with van der Waals surface area (Å²) in [6.07, 6.45) is 3.14. The third-order valence-corrected chi connectivity index (χ3v) is 4.58. The van der Waals surface area contributed by atoms with E-state index in [1.54, 1.807) is 30.1 Å². The molecule has 25 heavy (non-hydrogen) atoms. The van der Waals surface area contributed by atoms with Crippen LogP contribution in [0.1, 0.15) is 18.1 Å². The number of aryl methyl sites for hydroxylation is 2. The zero-order valence-electron chi connectivity index (χ0n) is 14.0. The Kier molecular flexibility index (Phi) is 5.03. The Bertz CT molecular complexity index is 861. The molecular formula is C16H17N7OS. The molecule has 8 nitrogen and oxygen atoms in total. The lowest BCUT2D eigenvalue weighted by atomic mass is 10.1. The fourth-order valence-electron chi connectivity index (χ4n) is 2.32. The molecule has 0 aliphatic rings. The Balaban J connectivity index is 1.78. The Morgan fingerprint density at radius 2 is 1.84 bits per heavy atom. The van der Waals surface area contributed by atoms with Crippen LogP contribution in [0.2, 0.25) is 0 Å². The molecule has 1 atom stereocenters. The molecule has 0 aliphatic carbocycles. The minimum absolute atomic E-state index is 0.216. The summed E-state index contributed by atoms with van der Waals surface area (Å²) >= 11 is 1.28. The van der Waals surface area contributed by atoms with Gasteiger partial charge in [0.2, 0.25) is 17.0 Å². The van der Waals surface area contributed by atoms with Gasteiger partial charge in [0.05, 0.1) is 10.9 Å². The van der Waals surface area contributed by atoms with Crippen LogP contribution in [0.5, 0.6) is 0 Å². The average Bonchev–Trinajstić information content (AvgIpc) is 3.03. The second-order valence-electron chi connectivity index (χ2n) is 5.44. The normalized spacial score (nSPS) is 12.0. The molecule has 1 amide bonds. The van der Waals surface area contributed by atoms with E-state index in [2.05, 4.69) is 30.8 Å². The zero-order chi connectivity index (χ0) is 17.8. The van der Waals surface area contributed by atoms with Crippen molar-refractivity contribution in [2.24, 2.45) is 0 Å². The van der Waals surface area contributed by atoms with Gasteiger partial charge in [0, 0.05) is 12.4 Å². The summed E-state index contributed by atoms with van der Waals surface area (Å²) in [6.45, 7) is 5.79. The first-order chi connectivity index (χ1) is 12.1. The molecule has 0 spiro atoms. The van der Waals surface area contributed by atoms with Gasteiger partial charge in [-0.25, -0.2) is 9.97 Å². The van der Waals surface area contributed by atoms with Crippen LogP contribution >= 0.6 is 11.8 Å². The van der Waals surface area contributed by atoms with E-state index in [4.69, 9.17) is 0 Å². The first-order valence-corrected chi connectivity index (χ1v) is 8.53. The van der Waals surface area contributed by atoms with Gasteiger partial charge in [-0.2, -0.15) is 4.68 Å². The SMILES string of the molecule is Cc1cccc(C)c1-n1nnnc1SC(C)C(=O)Nc1ncccn1. The standard InChI is InChI=1S/C16H17N7OS/c1-10-6-4-7-11(2)13(10)23-16(20-21-22-23)25-12(3)14(24)19-15-17-8-5-9-18-15/h4-9,12H,1-3H3,(H,17,18,19,24). The number of rotatable bonds is 5. The van der Waals surface area contributed by atoms with Gasteiger partial charge in [-0.1, -0.05) is 30.0 Å². The number of aromatic nitrogens is 6. The minimum Gasteiger partial charge on any atom is -0.294 e. The highest BCUT2D eigenvalue weighted by atomic mass is 32.2. The summed E-state index contributed by atoms with van der Waals surface area (Å²) in [5.74, 6) is 0.0570. The summed E-state index contributed by atoms with van der Waals surface area (Å²) in [6, 6.07) is 7.68. The fraction of sp³-hybridized carbons (Fsp3) is 0.250. The van der Waals surface area contributed by atoms with Crippen LogP contribution in [-0.2, 0) is 4.79 Å². The minimum atomic E-state index is -0.419. The monoisotopic (exact) mass is 355 g/mol. The highest BCUT2D eigenvalue weighted by Crippen LogP contribution is 2.26. The van der Waals surface area contributed by atoms with Gasteiger partial charge in [0.25, 0.3) is 0 Å². The Morgan fingerprint density at radius 1 is 1.16 bits per heavy atom. The van der Waals surface area contributed by atoms with Gasteiger partial charge in [-0.3, -0.25) is 10.1 Å². The third-order valence-electron chi connectivity index (χ3n) is 3.54. The second-order valence-corrected chi connectivity index (χ2v) is 6.74. The molecule has 0 aliphatic heterocycles. The van der Waals surface area contributed by atoms with Crippen molar-refractivity contribution in [2.45, 2.75) is 31.2 Å². The topological polar surface area (TPSA) is 98.5 Å². The van der Waals surface area contributed by atoms with E-state index < -0.39 is 5.25 Å². The predicted octanol–water partition coefficient (Wildman–Crippen LogP) is 2.19. The molecular weight excluding hydrogens is 338 g/mol. The van der Waals surface area contributed by atoms with Gasteiger partial charge >= 0.3 is 0 Å². The number of para-hydroxylation sites is 1. The molecule has 9 heteroatoms. The number of thioether (sulfide) groups is 1. The van der Waals surface area contributed by atoms with E-state index in [1.165, 1.54) is 11.8 Å². The van der Waals surface area contributed by atoms with Crippen molar-refractivity contribution in [3.63, 3.8) is 0 Å². The van der Waals surface area contributed by atoms with Crippen molar-refractivity contribution in [3.8, 4) is 5.69 Å². The molecule has 0 saturated heterocycles. The molecule has 0 radical (unpaired) electrons. The highest BCUT2D eigenvalue weighted by molar-refractivity contribution is 8.00. The molecule has 1 aromatic carbocycles. The number of benzene rings is 1. The average molecular weight is 355 g/mol. The maximum atomic E-state index is 12.3. The molecule has 1 unspecified atom stereocenters. The summed E-state index contributed by atoms with van der Waals surface area (Å²) < 4.78 is 1.66. The maximum Gasteiger partial charge on any atom is 0.240 e. The van der Waals surface area contributed by atoms with Crippen LogP contribution < -0.4 is 5.32 Å². The van der Waals surface area contributed by atoms with Crippen molar-refractivity contribution in [1.82, 2.24) is 30.2 Å². The molecule has 3 aromatic rings. The van der Waals surface area contributed by atoms with E-state index >= 15 is 0 Å². The summed E-state index contributed by atoms with van der Waals surface area (Å²) in [5.41, 5.74) is 3.04. The van der Waals surface area contributed by atoms with Crippen molar-refractivity contribution in [2.75, 3.05) is 5.32 Å². The van der Waals surface area contributed by atoms with Crippen LogP contribution in [0.25, 0.3) is 5.69 Å². The largest absolute Gasteiger partial charge is 0.294 e. The summed E-state index contributed by atoms with van der Waals surface area (Å²) in [7, 11) is 0. The summed E-state index contributed by atoms with van der Waals surface area (Å²) in [5, 5.41) is 14.7. The smallest absolute Gasteiger partial charge is 0.240 e. The van der Waals surface area contributed by atoms with Crippen molar-refractivity contribution >= 4 is 23.6 Å². The van der Waals surface area contributed by atoms with Gasteiger partial charge in [-0.15, -0.1) is 5.10 Å². The van der Waals surface area contributed by atoms with E-state index in [0.29, 0.717) is 5.16 Å². The molecule has 128 valence electrons. The second kappa shape index (κ2) is 7.39. The lowest BCUT2D eigenvalue weighted by molar-refractivity contribution is -0.115. The molecule has 0 bridgehead atoms. The van der Waals surface area contributed by atoms with Gasteiger partial charge < -0.3 is 0 Å². The fourth-order valence-corrected chi connectivity index (χ4v) is 3.11. The zero-order valence-corrected chi connectivity index (χ0v) is 14.9. The summed E-state index contributed by atoms with van der Waals surface area (Å²) in [4.78, 5) is 20.3. The number of amides is 1. The lowest BCUT2D eigenvalue weighted by Crippen LogP contribution is -2.24. The van der Waals surface area contributed by atoms with E-state index in [9.17, 15) is 4.79 Å². The van der Waals surface area contributed by atoms with Crippen LogP contribution in [0, 0.1) is 13.8 Å². The Morgan fingerprint density at radius 3 is 2.52 bits per heavy atom. The number of carbonyl (C=O) groups excluding carboxylic acids is 1. The number of nitrogens with one attached hydrogen (secondary N) is 1. The number of hydrogen-bond donors (Lipinski definition) is 1. The predicted molar refractivity (Wildman–Crippen MR) is 94.6 cm³/mol. The molecule has 1 N–H and O–H groups in total. The molecule has 0 fully saturated rings. The molecule has 2 aromatic heterocycles. The van der Waals surface area contributed by atoms with E-state index in [0.717, 1.165) is 16.8 Å². The first kappa shape index (κ1) is 17.0. The number of nitrogens with zero attached hydrogens (tertiary/aromatic N) is 6. The lowest BCUT2D eigenvalue weighted by Gasteiger charge is -2.13. The number of hydrogen-bond acceptors (Lipinski definition) is 7. The van der Waals surface area contributed by atoms with Crippen LogP contribution in [0.15, 0.2) is 41.8 Å². The third kappa shape index (κ3) is 3.82. The van der Waals surface area contributed by atoms with Gasteiger partial charge in [0.15, 0.2) is 0 Å². The van der Waals surface area contributed by atoms with Crippen molar-refractivity contribution < 1.29 is 4.79 Å². The van der Waals surface area contributed by atoms with E-state index in [-0.39, 0.29) is 11.9 Å². The molecule has 0 saturated carbocycles. The number of carbonyl (C=O) groups is 1. The Labute approximate surface area is 149 Å². The highest BCUT2D eigenvalue weighted by Gasteiger charge is 2.21. The number of anilines is 1. The number of tetrazole rings is 1. The van der Waals surface area contributed by atoms with Crippen LogP contribution in [0.3, 0.4) is 0 Å². The van der Waals surface area contributed by atoms with Gasteiger partial charge in [0.1, 0.15) is 0 Å². The van der Waals surface area contributed by atoms with Crippen LogP contribution in [-0.4, -0.2) is 41.3 Å². The van der Waals surface area contributed by atoms with Crippen molar-refractivity contribution in [1.29, 1.82) is 0 Å². The van der Waals surface area contributed by atoms with E-state index in [1.807, 2.05) is 32.0 Å². The van der Waals surface area contributed by atoms with Crippen LogP contribution in [0.4, 0.5) is 5.95 Å². The first-order valence-electron chi connectivity index (χ1n) is 7.66. The molecule has 3 rings (SSSR count).